The van der Waals surface area contributed by atoms with Gasteiger partial charge in [-0.2, -0.15) is 0 Å². The lowest BCUT2D eigenvalue weighted by Gasteiger charge is -2.18. The summed E-state index contributed by atoms with van der Waals surface area (Å²) in [4.78, 5) is 12.9. The first-order valence-electron chi connectivity index (χ1n) is 6.91. The molecule has 23 heavy (non-hydrogen) atoms. The van der Waals surface area contributed by atoms with Crippen molar-refractivity contribution < 1.29 is 18.4 Å². The number of hydrogen-bond donors (Lipinski definition) is 0. The zero-order chi connectivity index (χ0) is 16.8. The third-order valence-corrected chi connectivity index (χ3v) is 4.61. The van der Waals surface area contributed by atoms with Crippen molar-refractivity contribution in [3.63, 3.8) is 0 Å². The molecule has 0 amide bonds. The highest BCUT2D eigenvalue weighted by molar-refractivity contribution is 7.33. The number of halogens is 2. The molecule has 4 nitrogen and oxygen atoms in total. The number of carbonyl (C=O) groups is 1. The van der Waals surface area contributed by atoms with Crippen molar-refractivity contribution in [1.29, 1.82) is 0 Å². The summed E-state index contributed by atoms with van der Waals surface area (Å²) < 4.78 is 22.2. The topological polar surface area (TPSA) is 52.6 Å². The average molecular weight is 373 g/mol. The van der Waals surface area contributed by atoms with Crippen molar-refractivity contribution in [3.05, 3.63) is 69.7 Å². The van der Waals surface area contributed by atoms with Crippen LogP contribution in [0.2, 0.25) is 10.0 Å². The van der Waals surface area contributed by atoms with Gasteiger partial charge in [-0.25, -0.2) is 0 Å². The van der Waals surface area contributed by atoms with Gasteiger partial charge in [0.15, 0.2) is 11.9 Å². The van der Waals surface area contributed by atoms with E-state index in [9.17, 15) is 9.36 Å². The number of rotatable bonds is 7. The molecule has 0 spiro atoms. The van der Waals surface area contributed by atoms with Gasteiger partial charge >= 0.3 is 8.25 Å². The predicted molar refractivity (Wildman–Crippen MR) is 91.7 cm³/mol. The summed E-state index contributed by atoms with van der Waals surface area (Å²) in [5.74, 6) is -0.468. The van der Waals surface area contributed by atoms with Gasteiger partial charge in [0, 0.05) is 0 Å². The molecule has 7 heteroatoms. The molecule has 0 fully saturated rings. The van der Waals surface area contributed by atoms with E-state index in [2.05, 4.69) is 0 Å². The first kappa shape index (κ1) is 18.2. The van der Waals surface area contributed by atoms with Crippen molar-refractivity contribution in [2.45, 2.75) is 13.0 Å². The largest absolute Gasteiger partial charge is 0.320 e. The lowest BCUT2D eigenvalue weighted by atomic mass is 10.00. The molecule has 0 saturated carbocycles. The maximum atomic E-state index is 12.9. The third kappa shape index (κ3) is 4.66. The predicted octanol–water partition coefficient (Wildman–Crippen LogP) is 5.36. The van der Waals surface area contributed by atoms with E-state index in [0.29, 0.717) is 5.56 Å². The van der Waals surface area contributed by atoms with Gasteiger partial charge in [0.2, 0.25) is 0 Å². The molecular weight excluding hydrogens is 358 g/mol. The van der Waals surface area contributed by atoms with Crippen LogP contribution in [0.15, 0.2) is 48.5 Å². The smallest absolute Gasteiger partial charge is 0.311 e. The Labute approximate surface area is 145 Å². The van der Waals surface area contributed by atoms with E-state index in [1.165, 1.54) is 0 Å². The van der Waals surface area contributed by atoms with Crippen LogP contribution >= 0.6 is 31.5 Å². The van der Waals surface area contributed by atoms with Crippen LogP contribution in [0.3, 0.4) is 0 Å². The van der Waals surface area contributed by atoms with E-state index in [-0.39, 0.29) is 22.2 Å². The van der Waals surface area contributed by atoms with Crippen LogP contribution < -0.4 is 0 Å². The molecule has 0 bridgehead atoms. The third-order valence-electron chi connectivity index (χ3n) is 3.03. The molecule has 2 aromatic carbocycles. The van der Waals surface area contributed by atoms with Gasteiger partial charge in [-0.05, 0) is 24.6 Å². The molecule has 0 aliphatic rings. The van der Waals surface area contributed by atoms with Crippen molar-refractivity contribution >= 4 is 37.2 Å². The molecule has 0 radical (unpaired) electrons. The molecule has 122 valence electrons. The van der Waals surface area contributed by atoms with Gasteiger partial charge in [-0.15, -0.1) is 0 Å². The Morgan fingerprint density at radius 3 is 2.26 bits per heavy atom. The summed E-state index contributed by atoms with van der Waals surface area (Å²) >= 11 is 12.2. The molecule has 0 N–H and O–H groups in total. The lowest BCUT2D eigenvalue weighted by molar-refractivity contribution is 0.0769. The Bertz CT molecular complexity index is 686. The zero-order valence-corrected chi connectivity index (χ0v) is 14.8. The van der Waals surface area contributed by atoms with E-state index < -0.39 is 20.1 Å². The van der Waals surface area contributed by atoms with Gasteiger partial charge in [-0.1, -0.05) is 59.6 Å². The van der Waals surface area contributed by atoms with Gasteiger partial charge in [0.25, 0.3) is 0 Å². The summed E-state index contributed by atoms with van der Waals surface area (Å²) in [6.07, 6.45) is -1.11. The van der Waals surface area contributed by atoms with Crippen molar-refractivity contribution in [2.24, 2.45) is 0 Å². The molecule has 0 aliphatic carbocycles. The van der Waals surface area contributed by atoms with E-state index in [1.54, 1.807) is 55.5 Å². The SMILES string of the molecule is CCO[PH](=O)OC(C(=O)c1c(Cl)cccc1Cl)c1ccccc1. The first-order valence-corrected chi connectivity index (χ1v) is 8.89. The highest BCUT2D eigenvalue weighted by atomic mass is 35.5. The normalized spacial score (nSPS) is 13.5. The molecule has 2 unspecified atom stereocenters. The Morgan fingerprint density at radius 2 is 1.70 bits per heavy atom. The fourth-order valence-electron chi connectivity index (χ4n) is 2.01. The summed E-state index contributed by atoms with van der Waals surface area (Å²) in [5.41, 5.74) is 0.683. The zero-order valence-electron chi connectivity index (χ0n) is 12.3. The molecule has 2 atom stereocenters. The Morgan fingerprint density at radius 1 is 1.09 bits per heavy atom. The standard InChI is InChI=1S/C16H15Cl2O4P/c1-2-21-23(20)22-16(11-7-4-3-5-8-11)15(19)14-12(17)9-6-10-13(14)18/h3-10,16,23H,2H2,1H3. The number of carbonyl (C=O) groups excluding carboxylic acids is 1. The van der Waals surface area contributed by atoms with Gasteiger partial charge in [0.05, 0.1) is 22.2 Å². The minimum atomic E-state index is -2.82. The number of Topliss-reactive ketones (excluding diaryl/α,β-unsaturated/α-hetero) is 1. The monoisotopic (exact) mass is 372 g/mol. The molecule has 0 saturated heterocycles. The van der Waals surface area contributed by atoms with Crippen LogP contribution in [0.1, 0.15) is 28.9 Å². The molecular formula is C16H15Cl2O4P. The quantitative estimate of drug-likeness (QED) is 0.484. The molecule has 2 rings (SSSR count). The van der Waals surface area contributed by atoms with Crippen LogP contribution in [0.5, 0.6) is 0 Å². The van der Waals surface area contributed by atoms with E-state index in [1.807, 2.05) is 0 Å². The van der Waals surface area contributed by atoms with Crippen LogP contribution in [0.4, 0.5) is 0 Å². The minimum Gasteiger partial charge on any atom is -0.311 e. The Hall–Kier alpha value is -1.16. The maximum Gasteiger partial charge on any atom is 0.320 e. The second kappa shape index (κ2) is 8.62. The van der Waals surface area contributed by atoms with Crippen LogP contribution in [0, 0.1) is 0 Å². The Balaban J connectivity index is 2.41. The highest BCUT2D eigenvalue weighted by Crippen LogP contribution is 2.37. The fraction of sp³-hybridized carbons (Fsp3) is 0.188. The molecule has 0 heterocycles. The van der Waals surface area contributed by atoms with Gasteiger partial charge in [-0.3, -0.25) is 13.9 Å². The van der Waals surface area contributed by atoms with Crippen LogP contribution in [0.25, 0.3) is 0 Å². The molecule has 0 aliphatic heterocycles. The Kier molecular flexibility index (Phi) is 6.82. The summed E-state index contributed by atoms with van der Waals surface area (Å²) in [6, 6.07) is 13.5. The minimum absolute atomic E-state index is 0.135. The first-order chi connectivity index (χ1) is 11.0. The van der Waals surface area contributed by atoms with Crippen LogP contribution in [-0.4, -0.2) is 12.4 Å². The molecule has 0 aromatic heterocycles. The second-order valence-electron chi connectivity index (χ2n) is 4.55. The number of benzene rings is 2. The van der Waals surface area contributed by atoms with Crippen molar-refractivity contribution in [2.75, 3.05) is 6.61 Å². The summed E-state index contributed by atoms with van der Waals surface area (Å²) in [7, 11) is -2.82. The maximum absolute atomic E-state index is 12.9. The average Bonchev–Trinajstić information content (AvgIpc) is 2.53. The number of ketones is 1. The van der Waals surface area contributed by atoms with Gasteiger partial charge in [0.1, 0.15) is 0 Å². The van der Waals surface area contributed by atoms with E-state index >= 15 is 0 Å². The summed E-state index contributed by atoms with van der Waals surface area (Å²) in [5, 5.41) is 0.422. The van der Waals surface area contributed by atoms with E-state index in [0.717, 1.165) is 0 Å². The molecule has 2 aromatic rings. The van der Waals surface area contributed by atoms with Crippen LogP contribution in [-0.2, 0) is 13.6 Å². The van der Waals surface area contributed by atoms with Gasteiger partial charge < -0.3 is 4.52 Å². The summed E-state index contributed by atoms with van der Waals surface area (Å²) in [6.45, 7) is 1.91. The number of hydrogen-bond acceptors (Lipinski definition) is 4. The fourth-order valence-corrected chi connectivity index (χ4v) is 3.34. The van der Waals surface area contributed by atoms with E-state index in [4.69, 9.17) is 32.2 Å². The second-order valence-corrected chi connectivity index (χ2v) is 6.39. The highest BCUT2D eigenvalue weighted by Gasteiger charge is 2.28. The lowest BCUT2D eigenvalue weighted by Crippen LogP contribution is -2.15. The van der Waals surface area contributed by atoms with Crippen molar-refractivity contribution in [1.82, 2.24) is 0 Å². The van der Waals surface area contributed by atoms with Crippen molar-refractivity contribution in [3.8, 4) is 0 Å².